The van der Waals surface area contributed by atoms with E-state index in [4.69, 9.17) is 4.74 Å². The van der Waals surface area contributed by atoms with Crippen molar-refractivity contribution in [3.05, 3.63) is 34.3 Å². The molecule has 20 heavy (non-hydrogen) atoms. The summed E-state index contributed by atoms with van der Waals surface area (Å²) in [6.07, 6.45) is 1.16. The van der Waals surface area contributed by atoms with Gasteiger partial charge >= 0.3 is 0 Å². The molecule has 0 aromatic heterocycles. The second-order valence-electron chi connectivity index (χ2n) is 4.64. The van der Waals surface area contributed by atoms with Crippen LogP contribution in [0.2, 0.25) is 0 Å². The Balaban J connectivity index is 0.00000200. The Morgan fingerprint density at radius 3 is 2.70 bits per heavy atom. The molecule has 0 bridgehead atoms. The number of halogens is 2. The van der Waals surface area contributed by atoms with E-state index in [9.17, 15) is 0 Å². The van der Waals surface area contributed by atoms with Gasteiger partial charge in [-0.15, -0.1) is 24.0 Å². The van der Waals surface area contributed by atoms with Gasteiger partial charge < -0.3 is 15.4 Å². The van der Waals surface area contributed by atoms with E-state index in [1.54, 1.807) is 14.2 Å². The molecule has 0 aliphatic heterocycles. The van der Waals surface area contributed by atoms with Crippen LogP contribution < -0.4 is 10.6 Å². The largest absolute Gasteiger partial charge is 0.383 e. The van der Waals surface area contributed by atoms with Crippen LogP contribution in [0.4, 0.5) is 0 Å². The Kier molecular flexibility index (Phi) is 7.83. The van der Waals surface area contributed by atoms with Crippen molar-refractivity contribution in [1.82, 2.24) is 10.6 Å². The van der Waals surface area contributed by atoms with E-state index in [0.29, 0.717) is 18.6 Å². The van der Waals surface area contributed by atoms with Gasteiger partial charge in [0.15, 0.2) is 5.96 Å². The molecule has 1 saturated carbocycles. The van der Waals surface area contributed by atoms with Gasteiger partial charge in [-0.25, -0.2) is 0 Å². The van der Waals surface area contributed by atoms with Crippen molar-refractivity contribution >= 4 is 45.9 Å². The number of guanidine groups is 1. The van der Waals surface area contributed by atoms with Crippen molar-refractivity contribution in [2.24, 2.45) is 4.99 Å². The fourth-order valence-corrected chi connectivity index (χ4v) is 2.34. The third-order valence-corrected chi connectivity index (χ3v) is 3.76. The normalized spacial score (nSPS) is 21.1. The van der Waals surface area contributed by atoms with Crippen LogP contribution in [0.25, 0.3) is 0 Å². The third-order valence-electron chi connectivity index (χ3n) is 3.23. The summed E-state index contributed by atoms with van der Waals surface area (Å²) in [6.45, 7) is 1.45. The van der Waals surface area contributed by atoms with Gasteiger partial charge in [0.1, 0.15) is 0 Å². The summed E-state index contributed by atoms with van der Waals surface area (Å²) < 4.78 is 6.13. The minimum absolute atomic E-state index is 0. The monoisotopic (exact) mass is 453 g/mol. The zero-order chi connectivity index (χ0) is 13.7. The molecule has 0 spiro atoms. The molecule has 1 aromatic rings. The molecule has 0 amide bonds. The molecular formula is C14H21BrIN3O. The van der Waals surface area contributed by atoms with Crippen molar-refractivity contribution in [2.45, 2.75) is 18.4 Å². The summed E-state index contributed by atoms with van der Waals surface area (Å²) in [5, 5.41) is 6.66. The van der Waals surface area contributed by atoms with Crippen LogP contribution >= 0.6 is 39.9 Å². The lowest BCUT2D eigenvalue weighted by molar-refractivity contribution is 0.203. The molecule has 1 fully saturated rings. The summed E-state index contributed by atoms with van der Waals surface area (Å²) in [5.41, 5.74) is 1.38. The topological polar surface area (TPSA) is 45.7 Å². The first-order valence-electron chi connectivity index (χ1n) is 6.46. The lowest BCUT2D eigenvalue weighted by Gasteiger charge is -2.11. The first kappa shape index (κ1) is 17.7. The van der Waals surface area contributed by atoms with Crippen molar-refractivity contribution in [2.75, 3.05) is 27.3 Å². The minimum atomic E-state index is 0. The van der Waals surface area contributed by atoms with E-state index in [1.807, 2.05) is 0 Å². The summed E-state index contributed by atoms with van der Waals surface area (Å²) >= 11 is 3.46. The lowest BCUT2D eigenvalue weighted by Crippen LogP contribution is -2.40. The van der Waals surface area contributed by atoms with E-state index in [0.717, 1.165) is 23.4 Å². The Morgan fingerprint density at radius 2 is 2.10 bits per heavy atom. The van der Waals surface area contributed by atoms with Crippen LogP contribution in [0.1, 0.15) is 17.9 Å². The fourth-order valence-electron chi connectivity index (χ4n) is 2.07. The molecule has 1 aromatic carbocycles. The number of ether oxygens (including phenoxy) is 1. The Bertz CT molecular complexity index is 439. The zero-order valence-electron chi connectivity index (χ0n) is 11.7. The van der Waals surface area contributed by atoms with E-state index in [2.05, 4.69) is 55.8 Å². The number of rotatable bonds is 5. The Hall–Kier alpha value is -0.340. The van der Waals surface area contributed by atoms with Crippen LogP contribution in [0, 0.1) is 0 Å². The van der Waals surface area contributed by atoms with Gasteiger partial charge in [-0.2, -0.15) is 0 Å². The molecule has 4 nitrogen and oxygen atoms in total. The SMILES string of the molecule is CN=C(NCCOC)NC1CC1c1ccc(Br)cc1.I. The van der Waals surface area contributed by atoms with Crippen LogP contribution in [-0.2, 0) is 4.74 Å². The molecule has 2 N–H and O–H groups in total. The maximum atomic E-state index is 5.01. The zero-order valence-corrected chi connectivity index (χ0v) is 15.6. The van der Waals surface area contributed by atoms with Crippen molar-refractivity contribution in [1.29, 1.82) is 0 Å². The summed E-state index contributed by atoms with van der Waals surface area (Å²) in [4.78, 5) is 4.21. The first-order chi connectivity index (χ1) is 9.24. The molecule has 0 radical (unpaired) electrons. The molecule has 2 unspecified atom stereocenters. The molecule has 112 valence electrons. The molecule has 1 aliphatic rings. The summed E-state index contributed by atoms with van der Waals surface area (Å²) in [5.74, 6) is 1.44. The van der Waals surface area contributed by atoms with Crippen LogP contribution in [0.15, 0.2) is 33.7 Å². The fraction of sp³-hybridized carbons (Fsp3) is 0.500. The predicted molar refractivity (Wildman–Crippen MR) is 97.1 cm³/mol. The molecule has 2 atom stereocenters. The number of hydrogen-bond donors (Lipinski definition) is 2. The maximum Gasteiger partial charge on any atom is 0.191 e. The molecule has 6 heteroatoms. The van der Waals surface area contributed by atoms with Crippen molar-refractivity contribution in [3.63, 3.8) is 0 Å². The highest BCUT2D eigenvalue weighted by atomic mass is 127. The number of benzene rings is 1. The van der Waals surface area contributed by atoms with Gasteiger partial charge in [-0.3, -0.25) is 4.99 Å². The lowest BCUT2D eigenvalue weighted by atomic mass is 10.1. The van der Waals surface area contributed by atoms with Crippen LogP contribution in [-0.4, -0.2) is 39.3 Å². The molecular weight excluding hydrogens is 433 g/mol. The van der Waals surface area contributed by atoms with Gasteiger partial charge in [0.25, 0.3) is 0 Å². The molecule has 2 rings (SSSR count). The van der Waals surface area contributed by atoms with Gasteiger partial charge in [-0.1, -0.05) is 28.1 Å². The number of aliphatic imine (C=N–C) groups is 1. The van der Waals surface area contributed by atoms with Gasteiger partial charge in [0.2, 0.25) is 0 Å². The van der Waals surface area contributed by atoms with E-state index >= 15 is 0 Å². The first-order valence-corrected chi connectivity index (χ1v) is 7.25. The summed E-state index contributed by atoms with van der Waals surface area (Å²) in [6, 6.07) is 9.02. The third kappa shape index (κ3) is 5.21. The highest BCUT2D eigenvalue weighted by molar-refractivity contribution is 14.0. The average Bonchev–Trinajstić information content (AvgIpc) is 3.18. The second-order valence-corrected chi connectivity index (χ2v) is 5.55. The van der Waals surface area contributed by atoms with Crippen molar-refractivity contribution < 1.29 is 4.74 Å². The van der Waals surface area contributed by atoms with E-state index in [1.165, 1.54) is 5.56 Å². The molecule has 0 saturated heterocycles. The second kappa shape index (κ2) is 8.84. The smallest absolute Gasteiger partial charge is 0.191 e. The number of hydrogen-bond acceptors (Lipinski definition) is 2. The predicted octanol–water partition coefficient (Wildman–Crippen LogP) is 2.73. The van der Waals surface area contributed by atoms with Crippen LogP contribution in [0.5, 0.6) is 0 Å². The quantitative estimate of drug-likeness (QED) is 0.312. The van der Waals surface area contributed by atoms with E-state index < -0.39 is 0 Å². The number of methoxy groups -OCH3 is 1. The number of nitrogens with one attached hydrogen (secondary N) is 2. The van der Waals surface area contributed by atoms with Crippen molar-refractivity contribution in [3.8, 4) is 0 Å². The molecule has 0 heterocycles. The number of nitrogens with zero attached hydrogens (tertiary/aromatic N) is 1. The van der Waals surface area contributed by atoms with Crippen LogP contribution in [0.3, 0.4) is 0 Å². The van der Waals surface area contributed by atoms with Gasteiger partial charge in [0.05, 0.1) is 6.61 Å². The highest BCUT2D eigenvalue weighted by Gasteiger charge is 2.38. The van der Waals surface area contributed by atoms with E-state index in [-0.39, 0.29) is 24.0 Å². The Morgan fingerprint density at radius 1 is 1.40 bits per heavy atom. The molecule has 1 aliphatic carbocycles. The highest BCUT2D eigenvalue weighted by Crippen LogP contribution is 2.40. The van der Waals surface area contributed by atoms with Gasteiger partial charge in [0, 0.05) is 37.1 Å². The Labute approximate surface area is 145 Å². The minimum Gasteiger partial charge on any atom is -0.383 e. The summed E-state index contributed by atoms with van der Waals surface area (Å²) in [7, 11) is 3.49. The maximum absolute atomic E-state index is 5.01. The standard InChI is InChI=1S/C14H20BrN3O.HI/c1-16-14(17-7-8-19-2)18-13-9-12(13)10-3-5-11(15)6-4-10;/h3-6,12-13H,7-9H2,1-2H3,(H2,16,17,18);1H. The average molecular weight is 454 g/mol. The van der Waals surface area contributed by atoms with Gasteiger partial charge in [-0.05, 0) is 24.1 Å².